The number of nitrogens with zero attached hydrogens (tertiary/aromatic N) is 3. The van der Waals surface area contributed by atoms with Crippen LogP contribution in [-0.2, 0) is 19.1 Å². The number of ether oxygens (including phenoxy) is 2. The first-order chi connectivity index (χ1) is 25.4. The summed E-state index contributed by atoms with van der Waals surface area (Å²) < 4.78 is 12.8. The second kappa shape index (κ2) is 16.6. The standard InChI is InChI=1S/C46H73N3O5/c1-15-43(11)28-39(41-50-30-42(9,10)31-51-41)32(5)45(13,17-3)48(43)54-35(8)37-24-26-38(27-25-37)52-47-40-29-44(12,16-2)49(46(14,18-4)33(40)6)53-34(7)36-22-20-19-21-23-36/h19-27,32-35,39,41H,15-18,28-31H2,1-14H3/b47-40-. The molecule has 3 fully saturated rings. The van der Waals surface area contributed by atoms with Crippen LogP contribution in [0.25, 0.3) is 0 Å². The Hall–Kier alpha value is -2.33. The van der Waals surface area contributed by atoms with Gasteiger partial charge in [-0.2, -0.15) is 10.1 Å². The molecule has 54 heavy (non-hydrogen) atoms. The quantitative estimate of drug-likeness (QED) is 0.189. The summed E-state index contributed by atoms with van der Waals surface area (Å²) in [5.41, 5.74) is 2.53. The van der Waals surface area contributed by atoms with Crippen LogP contribution in [0.15, 0.2) is 59.8 Å². The first-order valence-electron chi connectivity index (χ1n) is 21.0. The summed E-state index contributed by atoms with van der Waals surface area (Å²) in [6.45, 7) is 33.2. The molecule has 302 valence electrons. The van der Waals surface area contributed by atoms with Gasteiger partial charge in [0, 0.05) is 40.3 Å². The summed E-state index contributed by atoms with van der Waals surface area (Å²) in [4.78, 5) is 20.1. The van der Waals surface area contributed by atoms with Crippen LogP contribution in [0.3, 0.4) is 0 Å². The maximum absolute atomic E-state index is 7.04. The summed E-state index contributed by atoms with van der Waals surface area (Å²) in [5.74, 6) is 1.45. The van der Waals surface area contributed by atoms with E-state index in [1.165, 1.54) is 5.56 Å². The lowest BCUT2D eigenvalue weighted by molar-refractivity contribution is -0.351. The Morgan fingerprint density at radius 1 is 0.704 bits per heavy atom. The molecule has 0 radical (unpaired) electrons. The fourth-order valence-corrected chi connectivity index (χ4v) is 9.23. The second-order valence-electron chi connectivity index (χ2n) is 18.6. The van der Waals surface area contributed by atoms with Gasteiger partial charge in [0.1, 0.15) is 12.2 Å². The van der Waals surface area contributed by atoms with Crippen LogP contribution in [0, 0.1) is 23.2 Å². The van der Waals surface area contributed by atoms with E-state index < -0.39 is 0 Å². The van der Waals surface area contributed by atoms with E-state index in [1.54, 1.807) is 0 Å². The zero-order chi connectivity index (χ0) is 39.7. The van der Waals surface area contributed by atoms with E-state index in [4.69, 9.17) is 29.1 Å². The molecular formula is C46H73N3O5. The normalized spacial score (nSPS) is 35.9. The molecule has 0 N–H and O–H groups in total. The van der Waals surface area contributed by atoms with Crippen molar-refractivity contribution in [3.63, 3.8) is 0 Å². The predicted molar refractivity (Wildman–Crippen MR) is 219 cm³/mol. The minimum atomic E-state index is -0.260. The maximum atomic E-state index is 7.04. The van der Waals surface area contributed by atoms with Gasteiger partial charge < -0.3 is 14.3 Å². The van der Waals surface area contributed by atoms with Gasteiger partial charge in [-0.25, -0.2) is 0 Å². The summed E-state index contributed by atoms with van der Waals surface area (Å²) in [5, 5.41) is 9.50. The minimum absolute atomic E-state index is 0.0505. The van der Waals surface area contributed by atoms with Crippen LogP contribution in [0.2, 0.25) is 0 Å². The molecule has 9 unspecified atom stereocenters. The van der Waals surface area contributed by atoms with Crippen LogP contribution in [0.4, 0.5) is 0 Å². The van der Waals surface area contributed by atoms with E-state index in [2.05, 4.69) is 150 Å². The van der Waals surface area contributed by atoms with Gasteiger partial charge in [-0.1, -0.05) is 103 Å². The van der Waals surface area contributed by atoms with Crippen molar-refractivity contribution in [3.8, 4) is 5.75 Å². The Bertz CT molecular complexity index is 1540. The zero-order valence-corrected chi connectivity index (χ0v) is 36.2. The van der Waals surface area contributed by atoms with Crippen molar-refractivity contribution in [1.82, 2.24) is 10.1 Å². The fourth-order valence-electron chi connectivity index (χ4n) is 9.23. The van der Waals surface area contributed by atoms with Crippen molar-refractivity contribution >= 4 is 5.71 Å². The van der Waals surface area contributed by atoms with Gasteiger partial charge in [-0.15, -0.1) is 0 Å². The number of hydroxylamine groups is 4. The van der Waals surface area contributed by atoms with E-state index in [0.29, 0.717) is 5.92 Å². The number of piperidine rings is 2. The Morgan fingerprint density at radius 3 is 1.74 bits per heavy atom. The lowest BCUT2D eigenvalue weighted by atomic mass is 9.65. The monoisotopic (exact) mass is 748 g/mol. The van der Waals surface area contributed by atoms with E-state index in [0.717, 1.165) is 68.8 Å². The number of benzene rings is 2. The number of hydrogen-bond donors (Lipinski definition) is 0. The van der Waals surface area contributed by atoms with Gasteiger partial charge in [0.05, 0.1) is 24.5 Å². The molecule has 0 aliphatic carbocycles. The van der Waals surface area contributed by atoms with Crippen LogP contribution >= 0.6 is 0 Å². The average Bonchev–Trinajstić information content (AvgIpc) is 3.18. The molecule has 3 heterocycles. The summed E-state index contributed by atoms with van der Waals surface area (Å²) >= 11 is 0. The van der Waals surface area contributed by atoms with Crippen molar-refractivity contribution < 1.29 is 24.0 Å². The molecule has 0 amide bonds. The van der Waals surface area contributed by atoms with E-state index >= 15 is 0 Å². The molecule has 8 heteroatoms. The molecule has 2 aromatic rings. The molecule has 8 nitrogen and oxygen atoms in total. The van der Waals surface area contributed by atoms with Crippen LogP contribution < -0.4 is 4.84 Å². The third-order valence-corrected chi connectivity index (χ3v) is 14.2. The SMILES string of the molecule is CCC1(C)C/C(=N/Oc2ccc(C(C)ON3C(C)(CC)CC(C4OCC(C)(C)CO4)C(C)C3(C)CC)cc2)C(C)C(C)(CC)N1OC(C)c1ccccc1. The molecule has 0 aromatic heterocycles. The largest absolute Gasteiger partial charge is 0.357 e. The molecular weight excluding hydrogens is 675 g/mol. The molecule has 0 saturated carbocycles. The highest BCUT2D eigenvalue weighted by Gasteiger charge is 2.57. The topological polar surface area (TPSA) is 65.0 Å². The highest BCUT2D eigenvalue weighted by atomic mass is 16.7. The van der Waals surface area contributed by atoms with Gasteiger partial charge in [0.15, 0.2) is 12.0 Å². The lowest BCUT2D eigenvalue weighted by Gasteiger charge is -2.61. The predicted octanol–water partition coefficient (Wildman–Crippen LogP) is 11.5. The lowest BCUT2D eigenvalue weighted by Crippen LogP contribution is -2.68. The number of hydrogen-bond acceptors (Lipinski definition) is 8. The van der Waals surface area contributed by atoms with Crippen molar-refractivity contribution in [3.05, 3.63) is 65.7 Å². The van der Waals surface area contributed by atoms with Gasteiger partial charge in [-0.3, -0.25) is 9.68 Å². The Labute approximate surface area is 328 Å². The van der Waals surface area contributed by atoms with E-state index in [9.17, 15) is 0 Å². The van der Waals surface area contributed by atoms with Crippen molar-refractivity contribution in [2.24, 2.45) is 28.3 Å². The zero-order valence-electron chi connectivity index (χ0n) is 36.2. The first kappa shape index (κ1) is 42.8. The van der Waals surface area contributed by atoms with Crippen LogP contribution in [0.1, 0.15) is 159 Å². The van der Waals surface area contributed by atoms with Gasteiger partial charge in [0.2, 0.25) is 0 Å². The Morgan fingerprint density at radius 2 is 1.22 bits per heavy atom. The van der Waals surface area contributed by atoms with Gasteiger partial charge in [0.25, 0.3) is 0 Å². The minimum Gasteiger partial charge on any atom is -0.357 e. The molecule has 3 aliphatic rings. The summed E-state index contributed by atoms with van der Waals surface area (Å²) in [7, 11) is 0. The molecule has 3 aliphatic heterocycles. The first-order valence-corrected chi connectivity index (χ1v) is 21.0. The highest BCUT2D eigenvalue weighted by Crippen LogP contribution is 2.52. The number of oxime groups is 1. The number of rotatable bonds is 13. The van der Waals surface area contributed by atoms with Crippen LogP contribution in [-0.4, -0.2) is 57.5 Å². The van der Waals surface area contributed by atoms with Crippen molar-refractivity contribution in [1.29, 1.82) is 0 Å². The van der Waals surface area contributed by atoms with Crippen molar-refractivity contribution in [2.45, 2.75) is 176 Å². The molecule has 9 atom stereocenters. The second-order valence-corrected chi connectivity index (χ2v) is 18.6. The molecule has 0 bridgehead atoms. The highest BCUT2D eigenvalue weighted by molar-refractivity contribution is 5.89. The van der Waals surface area contributed by atoms with Gasteiger partial charge >= 0.3 is 0 Å². The fraction of sp³-hybridized carbons (Fsp3) is 0.717. The molecule has 5 rings (SSSR count). The molecule has 0 spiro atoms. The average molecular weight is 748 g/mol. The summed E-state index contributed by atoms with van der Waals surface area (Å²) in [6.07, 6.45) is 5.10. The maximum Gasteiger partial charge on any atom is 0.160 e. The molecule has 2 aromatic carbocycles. The third-order valence-electron chi connectivity index (χ3n) is 14.2. The third kappa shape index (κ3) is 8.35. The smallest absolute Gasteiger partial charge is 0.160 e. The molecule has 3 saturated heterocycles. The van der Waals surface area contributed by atoms with E-state index in [1.807, 2.05) is 12.1 Å². The van der Waals surface area contributed by atoms with Crippen molar-refractivity contribution in [2.75, 3.05) is 13.2 Å². The Balaban J connectivity index is 1.29. The Kier molecular flexibility index (Phi) is 13.2. The van der Waals surface area contributed by atoms with E-state index in [-0.39, 0.29) is 57.9 Å². The summed E-state index contributed by atoms with van der Waals surface area (Å²) in [6, 6.07) is 18.8. The van der Waals surface area contributed by atoms with Gasteiger partial charge in [-0.05, 0) is 103 Å². The van der Waals surface area contributed by atoms with Crippen LogP contribution in [0.5, 0.6) is 5.75 Å².